The van der Waals surface area contributed by atoms with Crippen LogP contribution in [0.1, 0.15) is 6.92 Å². The van der Waals surface area contributed by atoms with E-state index in [4.69, 9.17) is 10.8 Å². The van der Waals surface area contributed by atoms with Gasteiger partial charge in [0.15, 0.2) is 5.05 Å². The number of nitrogens with two attached hydrogens (primary N) is 1. The Bertz CT molecular complexity index is 66.0. The normalized spacial score (nSPS) is 11.7. The molecule has 0 aliphatic rings. The molecule has 0 aromatic rings. The van der Waals surface area contributed by atoms with Gasteiger partial charge >= 0.3 is 17.1 Å². The molecular formula is C3H9NOSSe. The van der Waals surface area contributed by atoms with Gasteiger partial charge in [-0.2, -0.15) is 0 Å². The number of thiocarbonyl (C=S) groups is 1. The van der Waals surface area contributed by atoms with E-state index >= 15 is 0 Å². The monoisotopic (exact) mass is 187 g/mol. The Labute approximate surface area is 58.6 Å². The molecule has 0 fully saturated rings. The third-order valence-electron chi connectivity index (χ3n) is 0.390. The summed E-state index contributed by atoms with van der Waals surface area (Å²) in [6.45, 7) is 1.63. The molecule has 0 bridgehead atoms. The average molecular weight is 186 g/mol. The van der Waals surface area contributed by atoms with Crippen molar-refractivity contribution in [3.63, 3.8) is 0 Å². The molecule has 0 aromatic heterocycles. The van der Waals surface area contributed by atoms with Crippen LogP contribution in [0.2, 0.25) is 0 Å². The fourth-order valence-corrected chi connectivity index (χ4v) is 0. The van der Waals surface area contributed by atoms with E-state index in [1.54, 1.807) is 6.92 Å². The molecule has 0 amide bonds. The second kappa shape index (κ2) is 4.53. The molecule has 1 unspecified atom stereocenters. The summed E-state index contributed by atoms with van der Waals surface area (Å²) >= 11 is 4.25. The van der Waals surface area contributed by atoms with E-state index in [2.05, 4.69) is 12.2 Å². The van der Waals surface area contributed by atoms with E-state index in [-0.39, 0.29) is 28.2 Å². The maximum absolute atomic E-state index is 8.24. The predicted octanol–water partition coefficient (Wildman–Crippen LogP) is -0.697. The zero-order valence-electron chi connectivity index (χ0n) is 4.01. The van der Waals surface area contributed by atoms with E-state index in [1.165, 1.54) is 0 Å². The Morgan fingerprint density at radius 1 is 1.86 bits per heavy atom. The van der Waals surface area contributed by atoms with Crippen molar-refractivity contribution < 1.29 is 5.11 Å². The van der Waals surface area contributed by atoms with Crippen LogP contribution in [0.25, 0.3) is 0 Å². The summed E-state index contributed by atoms with van der Waals surface area (Å²) in [7, 11) is 0. The van der Waals surface area contributed by atoms with Crippen LogP contribution in [0.4, 0.5) is 0 Å². The van der Waals surface area contributed by atoms with Crippen LogP contribution < -0.4 is 5.73 Å². The molecule has 3 N–H and O–H groups in total. The molecule has 44 valence electrons. The van der Waals surface area contributed by atoms with Gasteiger partial charge in [0.05, 0.1) is 6.04 Å². The molecule has 0 rings (SSSR count). The van der Waals surface area contributed by atoms with Gasteiger partial charge < -0.3 is 10.8 Å². The Balaban J connectivity index is 0. The first-order valence-electron chi connectivity index (χ1n) is 1.63. The Morgan fingerprint density at radius 3 is 2.00 bits per heavy atom. The molecule has 7 heavy (non-hydrogen) atoms. The number of hydrogen-bond donors (Lipinski definition) is 2. The number of rotatable bonds is 1. The SMILES string of the molecule is CC(N)C(O)=S.[SeH2]. The Morgan fingerprint density at radius 2 is 2.00 bits per heavy atom. The molecule has 0 spiro atoms. The van der Waals surface area contributed by atoms with Crippen LogP contribution in [0, 0.1) is 0 Å². The van der Waals surface area contributed by atoms with Crippen LogP contribution >= 0.6 is 12.2 Å². The number of hydrogen-bond acceptors (Lipinski definition) is 2. The van der Waals surface area contributed by atoms with E-state index in [1.807, 2.05) is 0 Å². The minimum atomic E-state index is -0.361. The quantitative estimate of drug-likeness (QED) is 0.420. The molecule has 1 atom stereocenters. The van der Waals surface area contributed by atoms with Crippen LogP contribution in [0.5, 0.6) is 0 Å². The molecule has 0 aliphatic heterocycles. The number of aliphatic hydroxyl groups excluding tert-OH is 1. The Hall–Kier alpha value is 0.369. The molecule has 0 radical (unpaired) electrons. The van der Waals surface area contributed by atoms with E-state index in [9.17, 15) is 0 Å². The fraction of sp³-hybridized carbons (Fsp3) is 0.667. The summed E-state index contributed by atoms with van der Waals surface area (Å²) in [4.78, 5) is 0. The van der Waals surface area contributed by atoms with E-state index in [0.29, 0.717) is 0 Å². The topological polar surface area (TPSA) is 46.2 Å². The van der Waals surface area contributed by atoms with Gasteiger partial charge in [-0.15, -0.1) is 0 Å². The summed E-state index contributed by atoms with van der Waals surface area (Å²) in [5.41, 5.74) is 5.04. The van der Waals surface area contributed by atoms with Gasteiger partial charge in [-0.25, -0.2) is 0 Å². The first-order chi connectivity index (χ1) is 2.64. The van der Waals surface area contributed by atoms with E-state index in [0.717, 1.165) is 0 Å². The summed E-state index contributed by atoms with van der Waals surface area (Å²) in [6.07, 6.45) is 0. The van der Waals surface area contributed by atoms with Crippen molar-refractivity contribution in [3.8, 4) is 0 Å². The van der Waals surface area contributed by atoms with Gasteiger partial charge in [0, 0.05) is 0 Å². The first-order valence-corrected chi connectivity index (χ1v) is 2.04. The second-order valence-electron chi connectivity index (χ2n) is 1.13. The summed E-state index contributed by atoms with van der Waals surface area (Å²) in [5, 5.41) is 8.11. The Kier molecular flexibility index (Phi) is 6.71. The third-order valence-corrected chi connectivity index (χ3v) is 0.761. The molecule has 0 saturated carbocycles. The standard InChI is InChI=1S/C3H7NOS.H2Se/c1-2(4)3(5)6;/h2H,4H2,1H3,(H,5,6);1H2. The average Bonchev–Trinajstić information content (AvgIpc) is 1.36. The van der Waals surface area contributed by atoms with E-state index < -0.39 is 0 Å². The molecular weight excluding hydrogens is 177 g/mol. The molecule has 2 nitrogen and oxygen atoms in total. The molecule has 0 aromatic carbocycles. The predicted molar refractivity (Wildman–Crippen MR) is 37.4 cm³/mol. The van der Waals surface area contributed by atoms with Gasteiger partial charge in [-0.1, -0.05) is 0 Å². The molecule has 4 heteroatoms. The van der Waals surface area contributed by atoms with Crippen LogP contribution in [0.15, 0.2) is 0 Å². The molecule has 0 saturated heterocycles. The van der Waals surface area contributed by atoms with Gasteiger partial charge in [-0.3, -0.25) is 0 Å². The summed E-state index contributed by atoms with van der Waals surface area (Å²) in [5.74, 6) is 0. The van der Waals surface area contributed by atoms with Crippen molar-refractivity contribution in [3.05, 3.63) is 0 Å². The third kappa shape index (κ3) is 6.37. The van der Waals surface area contributed by atoms with Crippen molar-refractivity contribution in [1.29, 1.82) is 0 Å². The summed E-state index contributed by atoms with van der Waals surface area (Å²) in [6, 6.07) is -0.361. The first kappa shape index (κ1) is 10.4. The zero-order valence-corrected chi connectivity index (χ0v) is 6.92. The van der Waals surface area contributed by atoms with Crippen molar-refractivity contribution in [2.75, 3.05) is 0 Å². The van der Waals surface area contributed by atoms with Gasteiger partial charge in [0.25, 0.3) is 0 Å². The van der Waals surface area contributed by atoms with Gasteiger partial charge in [0.2, 0.25) is 0 Å². The number of aliphatic hydroxyl groups is 1. The summed E-state index contributed by atoms with van der Waals surface area (Å²) < 4.78 is 0. The second-order valence-corrected chi connectivity index (χ2v) is 1.55. The van der Waals surface area contributed by atoms with Crippen molar-refractivity contribution >= 4 is 34.3 Å². The van der Waals surface area contributed by atoms with Crippen molar-refractivity contribution in [1.82, 2.24) is 0 Å². The van der Waals surface area contributed by atoms with Crippen LogP contribution in [-0.4, -0.2) is 33.3 Å². The van der Waals surface area contributed by atoms with Gasteiger partial charge in [-0.05, 0) is 19.1 Å². The fourth-order valence-electron chi connectivity index (χ4n) is 0. The van der Waals surface area contributed by atoms with Crippen LogP contribution in [-0.2, 0) is 0 Å². The van der Waals surface area contributed by atoms with Gasteiger partial charge in [0.1, 0.15) is 0 Å². The molecule has 0 heterocycles. The van der Waals surface area contributed by atoms with Crippen molar-refractivity contribution in [2.24, 2.45) is 5.73 Å². The molecule has 0 aliphatic carbocycles. The van der Waals surface area contributed by atoms with Crippen molar-refractivity contribution in [2.45, 2.75) is 13.0 Å². The minimum absolute atomic E-state index is 0. The van der Waals surface area contributed by atoms with Crippen LogP contribution in [0.3, 0.4) is 0 Å². The zero-order chi connectivity index (χ0) is 5.15. The maximum atomic E-state index is 8.24.